The zero-order chi connectivity index (χ0) is 11.4. The van der Waals surface area contributed by atoms with Crippen LogP contribution in [0.2, 0.25) is 0 Å². The molecule has 1 rings (SSSR count). The molecule has 0 N–H and O–H groups in total. The lowest BCUT2D eigenvalue weighted by molar-refractivity contribution is -0.307. The van der Waals surface area contributed by atoms with Crippen molar-refractivity contribution in [1.82, 2.24) is 0 Å². The van der Waals surface area contributed by atoms with Crippen LogP contribution in [0, 0.1) is 6.92 Å². The second-order valence-electron chi connectivity index (χ2n) is 3.20. The number of carboxylic acids is 1. The van der Waals surface area contributed by atoms with E-state index in [1.807, 2.05) is 0 Å². The highest BCUT2D eigenvalue weighted by molar-refractivity contribution is 5.94. The molecule has 0 aliphatic heterocycles. The van der Waals surface area contributed by atoms with Crippen LogP contribution in [-0.2, 0) is 4.79 Å². The first kappa shape index (κ1) is 11.2. The van der Waals surface area contributed by atoms with Crippen LogP contribution in [0.15, 0.2) is 18.2 Å². The van der Waals surface area contributed by atoms with Crippen molar-refractivity contribution < 1.29 is 19.4 Å². The molecule has 0 bridgehead atoms. The van der Waals surface area contributed by atoms with Gasteiger partial charge in [-0.05, 0) is 37.6 Å². The number of carbonyl (C=O) groups excluding carboxylic acids is 2. The van der Waals surface area contributed by atoms with Crippen LogP contribution in [0.25, 0.3) is 0 Å². The Morgan fingerprint density at radius 3 is 2.53 bits per heavy atom. The molecule has 0 aliphatic carbocycles. The van der Waals surface area contributed by atoms with Crippen LogP contribution in [0.1, 0.15) is 22.8 Å². The maximum Gasteiger partial charge on any atom is 0.159 e. The van der Waals surface area contributed by atoms with Crippen LogP contribution in [0.5, 0.6) is 5.75 Å². The second-order valence-corrected chi connectivity index (χ2v) is 3.20. The smallest absolute Gasteiger partial charge is 0.159 e. The molecule has 0 atom stereocenters. The summed E-state index contributed by atoms with van der Waals surface area (Å²) in [7, 11) is 0. The number of ketones is 1. The van der Waals surface area contributed by atoms with E-state index >= 15 is 0 Å². The zero-order valence-electron chi connectivity index (χ0n) is 8.57. The van der Waals surface area contributed by atoms with Crippen LogP contribution in [0.3, 0.4) is 0 Å². The summed E-state index contributed by atoms with van der Waals surface area (Å²) in [6.07, 6.45) is 0. The Kier molecular flexibility index (Phi) is 3.44. The summed E-state index contributed by atoms with van der Waals surface area (Å²) in [5, 5.41) is 10.2. The van der Waals surface area contributed by atoms with E-state index < -0.39 is 12.6 Å². The number of ether oxygens (including phenoxy) is 1. The molecule has 80 valence electrons. The zero-order valence-corrected chi connectivity index (χ0v) is 8.57. The number of hydrogen-bond acceptors (Lipinski definition) is 4. The number of carbonyl (C=O) groups is 2. The summed E-state index contributed by atoms with van der Waals surface area (Å²) >= 11 is 0. The van der Waals surface area contributed by atoms with Gasteiger partial charge in [0.15, 0.2) is 5.78 Å². The first-order valence-corrected chi connectivity index (χ1v) is 4.45. The molecule has 0 heterocycles. The fourth-order valence-corrected chi connectivity index (χ4v) is 1.17. The van der Waals surface area contributed by atoms with Gasteiger partial charge in [-0.25, -0.2) is 0 Å². The minimum Gasteiger partial charge on any atom is -0.546 e. The van der Waals surface area contributed by atoms with E-state index in [0.717, 1.165) is 5.56 Å². The lowest BCUT2D eigenvalue weighted by Crippen LogP contribution is -2.29. The topological polar surface area (TPSA) is 66.4 Å². The van der Waals surface area contributed by atoms with E-state index in [4.69, 9.17) is 4.74 Å². The van der Waals surface area contributed by atoms with Gasteiger partial charge in [-0.15, -0.1) is 0 Å². The van der Waals surface area contributed by atoms with Gasteiger partial charge in [0.25, 0.3) is 0 Å². The Hall–Kier alpha value is -1.84. The second kappa shape index (κ2) is 4.59. The highest BCUT2D eigenvalue weighted by atomic mass is 16.5. The first-order chi connectivity index (χ1) is 7.00. The third kappa shape index (κ3) is 3.09. The molecular formula is C11H11O4-. The maximum absolute atomic E-state index is 11.0. The van der Waals surface area contributed by atoms with Gasteiger partial charge in [0.2, 0.25) is 0 Å². The van der Waals surface area contributed by atoms with Gasteiger partial charge in [0.05, 0.1) is 5.97 Å². The average Bonchev–Trinajstić information content (AvgIpc) is 2.15. The molecule has 15 heavy (non-hydrogen) atoms. The van der Waals surface area contributed by atoms with Gasteiger partial charge in [-0.2, -0.15) is 0 Å². The largest absolute Gasteiger partial charge is 0.546 e. The van der Waals surface area contributed by atoms with Crippen LogP contribution >= 0.6 is 0 Å². The molecule has 0 aromatic heterocycles. The van der Waals surface area contributed by atoms with E-state index in [1.165, 1.54) is 6.92 Å². The number of carboxylic acid groups (broad SMARTS) is 1. The summed E-state index contributed by atoms with van der Waals surface area (Å²) in [6.45, 7) is 2.73. The average molecular weight is 207 g/mol. The van der Waals surface area contributed by atoms with Gasteiger partial charge in [-0.1, -0.05) is 0 Å². The monoisotopic (exact) mass is 207 g/mol. The molecule has 0 saturated heterocycles. The minimum atomic E-state index is -1.27. The van der Waals surface area contributed by atoms with Crippen molar-refractivity contribution in [3.63, 3.8) is 0 Å². The molecular weight excluding hydrogens is 196 g/mol. The summed E-state index contributed by atoms with van der Waals surface area (Å²) < 4.78 is 4.96. The Balaban J connectivity index is 2.83. The summed E-state index contributed by atoms with van der Waals surface area (Å²) in [6, 6.07) is 4.84. The molecule has 0 fully saturated rings. The highest BCUT2D eigenvalue weighted by Gasteiger charge is 2.04. The van der Waals surface area contributed by atoms with Crippen molar-refractivity contribution in [3.8, 4) is 5.75 Å². The molecule has 1 aromatic carbocycles. The highest BCUT2D eigenvalue weighted by Crippen LogP contribution is 2.19. The first-order valence-electron chi connectivity index (χ1n) is 4.45. The number of aryl methyl sites for hydroxylation is 1. The normalized spacial score (nSPS) is 9.73. The molecule has 0 unspecified atom stereocenters. The Bertz CT molecular complexity index is 396. The number of aliphatic carboxylic acids is 1. The fourth-order valence-electron chi connectivity index (χ4n) is 1.17. The van der Waals surface area contributed by atoms with Crippen LogP contribution in [0.4, 0.5) is 0 Å². The molecule has 4 nitrogen and oxygen atoms in total. The molecule has 4 heteroatoms. The van der Waals surface area contributed by atoms with Crippen molar-refractivity contribution in [1.29, 1.82) is 0 Å². The van der Waals surface area contributed by atoms with Crippen LogP contribution in [-0.4, -0.2) is 18.4 Å². The van der Waals surface area contributed by atoms with E-state index in [0.29, 0.717) is 11.3 Å². The Morgan fingerprint density at radius 1 is 1.40 bits per heavy atom. The Labute approximate surface area is 87.5 Å². The van der Waals surface area contributed by atoms with E-state index in [1.54, 1.807) is 25.1 Å². The summed E-state index contributed by atoms with van der Waals surface area (Å²) in [5.74, 6) is -0.862. The van der Waals surface area contributed by atoms with Crippen molar-refractivity contribution in [2.75, 3.05) is 6.61 Å². The third-order valence-electron chi connectivity index (χ3n) is 1.93. The van der Waals surface area contributed by atoms with Crippen molar-refractivity contribution in [2.24, 2.45) is 0 Å². The van der Waals surface area contributed by atoms with Gasteiger partial charge < -0.3 is 14.6 Å². The van der Waals surface area contributed by atoms with Crippen LogP contribution < -0.4 is 9.84 Å². The Morgan fingerprint density at radius 2 is 2.07 bits per heavy atom. The summed E-state index contributed by atoms with van der Waals surface area (Å²) in [4.78, 5) is 21.2. The lowest BCUT2D eigenvalue weighted by atomic mass is 10.1. The molecule has 0 aliphatic rings. The predicted molar refractivity (Wildman–Crippen MR) is 51.7 cm³/mol. The molecule has 0 radical (unpaired) electrons. The van der Waals surface area contributed by atoms with Crippen molar-refractivity contribution in [2.45, 2.75) is 13.8 Å². The van der Waals surface area contributed by atoms with Gasteiger partial charge in [-0.3, -0.25) is 4.79 Å². The van der Waals surface area contributed by atoms with Gasteiger partial charge in [0, 0.05) is 5.56 Å². The quantitative estimate of drug-likeness (QED) is 0.667. The van der Waals surface area contributed by atoms with Gasteiger partial charge >= 0.3 is 0 Å². The molecule has 0 spiro atoms. The molecule has 1 aromatic rings. The van der Waals surface area contributed by atoms with Crippen molar-refractivity contribution >= 4 is 11.8 Å². The third-order valence-corrected chi connectivity index (χ3v) is 1.93. The van der Waals surface area contributed by atoms with E-state index in [2.05, 4.69) is 0 Å². The number of hydrogen-bond donors (Lipinski definition) is 0. The molecule has 0 saturated carbocycles. The minimum absolute atomic E-state index is 0.0375. The SMILES string of the molecule is CC(=O)c1ccc(OCC(=O)[O-])c(C)c1. The van der Waals surface area contributed by atoms with E-state index in [9.17, 15) is 14.7 Å². The standard InChI is InChI=1S/C11H12O4/c1-7-5-9(8(2)12)3-4-10(7)15-6-11(13)14/h3-5H,6H2,1-2H3,(H,13,14)/p-1. The lowest BCUT2D eigenvalue weighted by Gasteiger charge is -2.10. The van der Waals surface area contributed by atoms with E-state index in [-0.39, 0.29) is 5.78 Å². The fraction of sp³-hybridized carbons (Fsp3) is 0.273. The van der Waals surface area contributed by atoms with Crippen molar-refractivity contribution in [3.05, 3.63) is 29.3 Å². The maximum atomic E-state index is 11.0. The number of Topliss-reactive ketones (excluding diaryl/α,β-unsaturated/α-hetero) is 1. The molecule has 0 amide bonds. The predicted octanol–water partition coefficient (Wildman–Crippen LogP) is 0.326. The number of rotatable bonds is 4. The summed E-state index contributed by atoms with van der Waals surface area (Å²) in [5.41, 5.74) is 1.30. The number of benzene rings is 1. The van der Waals surface area contributed by atoms with Gasteiger partial charge in [0.1, 0.15) is 12.4 Å².